The Morgan fingerprint density at radius 2 is 1.56 bits per heavy atom. The summed E-state index contributed by atoms with van der Waals surface area (Å²) in [6.45, 7) is 0.452. The Kier molecular flexibility index (Phi) is 7.99. The van der Waals surface area contributed by atoms with Crippen molar-refractivity contribution in [2.24, 2.45) is 0 Å². The fourth-order valence-corrected chi connectivity index (χ4v) is 3.17. The second kappa shape index (κ2) is 11.3. The number of aliphatic carboxylic acids is 1. The van der Waals surface area contributed by atoms with E-state index >= 15 is 0 Å². The molecule has 0 bridgehead atoms. The Balaban J connectivity index is 1.50. The summed E-state index contributed by atoms with van der Waals surface area (Å²) in [5.74, 6) is -0.721. The number of nitriles is 1. The van der Waals surface area contributed by atoms with Crippen LogP contribution >= 0.6 is 0 Å². The van der Waals surface area contributed by atoms with Crippen molar-refractivity contribution in [3.05, 3.63) is 101 Å². The molecule has 1 atom stereocenters. The lowest BCUT2D eigenvalue weighted by Gasteiger charge is -2.15. The van der Waals surface area contributed by atoms with Gasteiger partial charge in [0.15, 0.2) is 0 Å². The SMILES string of the molecule is N#Cc1ccc(CCC(=O)NC(Cc2ccc(OCc3ccccc3)cc2)C(=O)O)cc1. The van der Waals surface area contributed by atoms with E-state index in [-0.39, 0.29) is 18.7 Å². The third kappa shape index (κ3) is 6.99. The summed E-state index contributed by atoms with van der Waals surface area (Å²) in [5.41, 5.74) is 3.32. The molecule has 0 saturated heterocycles. The van der Waals surface area contributed by atoms with E-state index in [1.807, 2.05) is 36.4 Å². The molecule has 0 spiro atoms. The third-order valence-corrected chi connectivity index (χ3v) is 4.97. The van der Waals surface area contributed by atoms with Crippen LogP contribution in [0.1, 0.15) is 28.7 Å². The van der Waals surface area contributed by atoms with Crippen molar-refractivity contribution in [3.63, 3.8) is 0 Å². The highest BCUT2D eigenvalue weighted by Crippen LogP contribution is 2.16. The minimum Gasteiger partial charge on any atom is -0.489 e. The third-order valence-electron chi connectivity index (χ3n) is 4.97. The molecule has 3 rings (SSSR count). The maximum absolute atomic E-state index is 12.3. The Morgan fingerprint density at radius 3 is 2.19 bits per heavy atom. The van der Waals surface area contributed by atoms with Crippen molar-refractivity contribution in [2.45, 2.75) is 31.9 Å². The maximum Gasteiger partial charge on any atom is 0.326 e. The molecule has 0 radical (unpaired) electrons. The molecule has 2 N–H and O–H groups in total. The number of nitrogens with one attached hydrogen (secondary N) is 1. The molecule has 0 fully saturated rings. The summed E-state index contributed by atoms with van der Waals surface area (Å²) < 4.78 is 5.75. The van der Waals surface area contributed by atoms with E-state index < -0.39 is 12.0 Å². The van der Waals surface area contributed by atoms with Crippen LogP contribution in [0.5, 0.6) is 5.75 Å². The first-order valence-corrected chi connectivity index (χ1v) is 10.3. The molecule has 0 aliphatic carbocycles. The lowest BCUT2D eigenvalue weighted by atomic mass is 10.0. The number of carboxylic acid groups (broad SMARTS) is 1. The highest BCUT2D eigenvalue weighted by atomic mass is 16.5. The number of rotatable bonds is 10. The van der Waals surface area contributed by atoms with E-state index in [4.69, 9.17) is 10.00 Å². The zero-order valence-electron chi connectivity index (χ0n) is 17.5. The molecule has 3 aromatic carbocycles. The van der Waals surface area contributed by atoms with Crippen LogP contribution in [0.2, 0.25) is 0 Å². The summed E-state index contributed by atoms with van der Waals surface area (Å²) in [4.78, 5) is 23.9. The highest BCUT2D eigenvalue weighted by Gasteiger charge is 2.20. The van der Waals surface area contributed by atoms with E-state index in [9.17, 15) is 14.7 Å². The van der Waals surface area contributed by atoms with Crippen LogP contribution in [0, 0.1) is 11.3 Å². The Hall–Kier alpha value is -4.11. The van der Waals surface area contributed by atoms with Crippen LogP contribution in [0.15, 0.2) is 78.9 Å². The van der Waals surface area contributed by atoms with Crippen molar-refractivity contribution in [1.29, 1.82) is 5.26 Å². The number of hydrogen-bond acceptors (Lipinski definition) is 4. The molecule has 0 aliphatic rings. The van der Waals surface area contributed by atoms with Crippen LogP contribution in [-0.4, -0.2) is 23.0 Å². The predicted molar refractivity (Wildman–Crippen MR) is 120 cm³/mol. The number of benzene rings is 3. The molecule has 0 heterocycles. The molecular formula is C26H24N2O4. The number of hydrogen-bond donors (Lipinski definition) is 2. The molecule has 1 unspecified atom stereocenters. The van der Waals surface area contributed by atoms with Gasteiger partial charge in [0, 0.05) is 12.8 Å². The van der Waals surface area contributed by atoms with Crippen molar-refractivity contribution in [2.75, 3.05) is 0 Å². The Labute approximate surface area is 187 Å². The zero-order valence-corrected chi connectivity index (χ0v) is 17.5. The molecule has 0 aromatic heterocycles. The summed E-state index contributed by atoms with van der Waals surface area (Å²) in [6.07, 6.45) is 0.816. The van der Waals surface area contributed by atoms with Gasteiger partial charge in [-0.1, -0.05) is 54.6 Å². The molecule has 32 heavy (non-hydrogen) atoms. The van der Waals surface area contributed by atoms with Crippen LogP contribution in [-0.2, 0) is 29.0 Å². The van der Waals surface area contributed by atoms with Gasteiger partial charge in [0.2, 0.25) is 5.91 Å². The average molecular weight is 428 g/mol. The van der Waals surface area contributed by atoms with Crippen molar-refractivity contribution in [1.82, 2.24) is 5.32 Å². The highest BCUT2D eigenvalue weighted by molar-refractivity contribution is 5.83. The minimum absolute atomic E-state index is 0.169. The maximum atomic E-state index is 12.3. The van der Waals surface area contributed by atoms with Crippen LogP contribution in [0.25, 0.3) is 0 Å². The van der Waals surface area contributed by atoms with Crippen molar-refractivity contribution in [3.8, 4) is 11.8 Å². The first-order chi connectivity index (χ1) is 15.5. The smallest absolute Gasteiger partial charge is 0.326 e. The number of amides is 1. The van der Waals surface area contributed by atoms with Crippen molar-refractivity contribution < 1.29 is 19.4 Å². The van der Waals surface area contributed by atoms with Gasteiger partial charge in [0.1, 0.15) is 18.4 Å². The van der Waals surface area contributed by atoms with Gasteiger partial charge >= 0.3 is 5.97 Å². The largest absolute Gasteiger partial charge is 0.489 e. The summed E-state index contributed by atoms with van der Waals surface area (Å²) in [7, 11) is 0. The number of carbonyl (C=O) groups is 2. The first-order valence-electron chi connectivity index (χ1n) is 10.3. The van der Waals surface area contributed by atoms with Crippen molar-refractivity contribution >= 4 is 11.9 Å². The van der Waals surface area contributed by atoms with E-state index in [1.165, 1.54) is 0 Å². The summed E-state index contributed by atoms with van der Waals surface area (Å²) in [5, 5.41) is 20.9. The van der Waals surface area contributed by atoms with Gasteiger partial charge in [0.25, 0.3) is 0 Å². The van der Waals surface area contributed by atoms with Crippen LogP contribution in [0.4, 0.5) is 0 Å². The molecule has 6 heteroatoms. The fraction of sp³-hybridized carbons (Fsp3) is 0.192. The fourth-order valence-electron chi connectivity index (χ4n) is 3.17. The Morgan fingerprint density at radius 1 is 0.906 bits per heavy atom. The number of carboxylic acids is 1. The number of carbonyl (C=O) groups excluding carboxylic acids is 1. The standard InChI is InChI=1S/C26H24N2O4/c27-17-21-8-6-19(7-9-21)12-15-25(29)28-24(26(30)31)16-20-10-13-23(14-11-20)32-18-22-4-2-1-3-5-22/h1-11,13-14,24H,12,15-16,18H2,(H,28,29)(H,30,31). The molecular weight excluding hydrogens is 404 g/mol. The number of aryl methyl sites for hydroxylation is 1. The second-order valence-corrected chi connectivity index (χ2v) is 7.39. The molecule has 0 saturated carbocycles. The summed E-state index contributed by atoms with van der Waals surface area (Å²) >= 11 is 0. The van der Waals surface area contributed by atoms with Gasteiger partial charge in [-0.2, -0.15) is 5.26 Å². The number of nitrogens with zero attached hydrogens (tertiary/aromatic N) is 1. The van der Waals surface area contributed by atoms with E-state index in [0.717, 1.165) is 16.7 Å². The van der Waals surface area contributed by atoms with Gasteiger partial charge in [-0.05, 0) is 47.4 Å². The first kappa shape index (κ1) is 22.6. The molecule has 162 valence electrons. The van der Waals surface area contributed by atoms with Gasteiger partial charge in [-0.15, -0.1) is 0 Å². The zero-order chi connectivity index (χ0) is 22.8. The quantitative estimate of drug-likeness (QED) is 0.510. The average Bonchev–Trinajstić information content (AvgIpc) is 2.82. The minimum atomic E-state index is -1.08. The van der Waals surface area contributed by atoms with Crippen LogP contribution < -0.4 is 10.1 Å². The summed E-state index contributed by atoms with van der Waals surface area (Å²) in [6, 6.07) is 25.0. The van der Waals surface area contributed by atoms with E-state index in [2.05, 4.69) is 5.32 Å². The lowest BCUT2D eigenvalue weighted by molar-refractivity contribution is -0.141. The second-order valence-electron chi connectivity index (χ2n) is 7.39. The topological polar surface area (TPSA) is 99.4 Å². The Bertz CT molecular complexity index is 1070. The molecule has 1 amide bonds. The van der Waals surface area contributed by atoms with Gasteiger partial charge in [-0.25, -0.2) is 4.79 Å². The van der Waals surface area contributed by atoms with E-state index in [0.29, 0.717) is 24.3 Å². The predicted octanol–water partition coefficient (Wildman–Crippen LogP) is 3.88. The normalized spacial score (nSPS) is 11.2. The lowest BCUT2D eigenvalue weighted by Crippen LogP contribution is -2.42. The van der Waals surface area contributed by atoms with Gasteiger partial charge < -0.3 is 15.2 Å². The van der Waals surface area contributed by atoms with Gasteiger partial charge in [0.05, 0.1) is 11.6 Å². The van der Waals surface area contributed by atoms with E-state index in [1.54, 1.807) is 48.5 Å². The van der Waals surface area contributed by atoms with Crippen LogP contribution in [0.3, 0.4) is 0 Å². The molecule has 0 aliphatic heterocycles. The number of ether oxygens (including phenoxy) is 1. The molecule has 3 aromatic rings. The monoisotopic (exact) mass is 428 g/mol. The molecule has 6 nitrogen and oxygen atoms in total. The van der Waals surface area contributed by atoms with Gasteiger partial charge in [-0.3, -0.25) is 4.79 Å².